The number of rotatable bonds is 4. The Balaban J connectivity index is 1.79. The van der Waals surface area contributed by atoms with Crippen molar-refractivity contribution in [3.8, 4) is 5.75 Å². The molecule has 3 nitrogen and oxygen atoms in total. The van der Waals surface area contributed by atoms with Crippen LogP contribution in [0.3, 0.4) is 0 Å². The Kier molecular flexibility index (Phi) is 4.23. The molecule has 1 N–H and O–H groups in total. The number of hydrogen-bond acceptors (Lipinski definition) is 3. The Morgan fingerprint density at radius 2 is 2.05 bits per heavy atom. The zero-order valence-corrected chi connectivity index (χ0v) is 13.6. The van der Waals surface area contributed by atoms with E-state index < -0.39 is 0 Å². The van der Waals surface area contributed by atoms with Crippen molar-refractivity contribution in [2.75, 3.05) is 26.2 Å². The minimum Gasteiger partial charge on any atom is -0.493 e. The first-order valence-electron chi connectivity index (χ1n) is 8.38. The summed E-state index contributed by atoms with van der Waals surface area (Å²) in [6.07, 6.45) is 2.41. The summed E-state index contributed by atoms with van der Waals surface area (Å²) < 4.78 is 5.87. The summed E-state index contributed by atoms with van der Waals surface area (Å²) in [6.45, 7) is 11.1. The highest BCUT2D eigenvalue weighted by Gasteiger charge is 2.39. The topological polar surface area (TPSA) is 24.5 Å². The van der Waals surface area contributed by atoms with E-state index in [-0.39, 0.29) is 0 Å². The van der Waals surface area contributed by atoms with E-state index in [4.69, 9.17) is 4.74 Å². The summed E-state index contributed by atoms with van der Waals surface area (Å²) >= 11 is 0. The van der Waals surface area contributed by atoms with Crippen molar-refractivity contribution < 1.29 is 4.74 Å². The van der Waals surface area contributed by atoms with Crippen molar-refractivity contribution in [3.05, 3.63) is 29.8 Å². The summed E-state index contributed by atoms with van der Waals surface area (Å²) in [4.78, 5) is 2.73. The fourth-order valence-corrected chi connectivity index (χ4v) is 3.93. The Hall–Kier alpha value is -1.06. The molecule has 2 unspecified atom stereocenters. The number of nitrogens with one attached hydrogen (secondary N) is 1. The monoisotopic (exact) mass is 288 g/mol. The maximum absolute atomic E-state index is 5.87. The molecule has 1 saturated heterocycles. The molecule has 2 heterocycles. The number of fused-ring (bicyclic) bond motifs is 1. The first-order chi connectivity index (χ1) is 10.2. The SMILES string of the molecule is CCC1(CC)CNC(C)CN1CC1COc2ccccc21. The van der Waals surface area contributed by atoms with Crippen LogP contribution >= 0.6 is 0 Å². The molecule has 3 rings (SSSR count). The molecule has 0 spiro atoms. The minimum atomic E-state index is 0.310. The number of para-hydroxylation sites is 1. The first-order valence-corrected chi connectivity index (χ1v) is 8.38. The van der Waals surface area contributed by atoms with Crippen LogP contribution in [0.15, 0.2) is 24.3 Å². The van der Waals surface area contributed by atoms with E-state index in [1.54, 1.807) is 0 Å². The molecular formula is C18H28N2O. The van der Waals surface area contributed by atoms with Crippen LogP contribution in [0, 0.1) is 0 Å². The van der Waals surface area contributed by atoms with Gasteiger partial charge in [0.2, 0.25) is 0 Å². The molecule has 0 bridgehead atoms. The smallest absolute Gasteiger partial charge is 0.122 e. The quantitative estimate of drug-likeness (QED) is 0.922. The second-order valence-corrected chi connectivity index (χ2v) is 6.66. The fourth-order valence-electron chi connectivity index (χ4n) is 3.93. The normalized spacial score (nSPS) is 28.1. The van der Waals surface area contributed by atoms with Gasteiger partial charge in [-0.3, -0.25) is 4.90 Å². The first kappa shape index (κ1) is 14.9. The van der Waals surface area contributed by atoms with Gasteiger partial charge in [0.15, 0.2) is 0 Å². The molecule has 1 aromatic carbocycles. The molecule has 2 aliphatic rings. The second-order valence-electron chi connectivity index (χ2n) is 6.66. The van der Waals surface area contributed by atoms with Gasteiger partial charge in [0.05, 0.1) is 6.61 Å². The van der Waals surface area contributed by atoms with Crippen molar-refractivity contribution in [1.29, 1.82) is 0 Å². The molecule has 3 heteroatoms. The van der Waals surface area contributed by atoms with Gasteiger partial charge in [-0.2, -0.15) is 0 Å². The zero-order valence-electron chi connectivity index (χ0n) is 13.6. The lowest BCUT2D eigenvalue weighted by molar-refractivity contribution is 0.0279. The third kappa shape index (κ3) is 2.69. The van der Waals surface area contributed by atoms with E-state index >= 15 is 0 Å². The standard InChI is InChI=1S/C18H28N2O/c1-4-18(5-2)13-19-14(3)10-20(18)11-15-12-21-17-9-7-6-8-16(15)17/h6-9,14-15,19H,4-5,10-13H2,1-3H3. The molecule has 0 amide bonds. The predicted octanol–water partition coefficient (Wildman–Crippen LogP) is 3.02. The van der Waals surface area contributed by atoms with Crippen LogP contribution in [0.4, 0.5) is 0 Å². The Bertz CT molecular complexity index is 484. The van der Waals surface area contributed by atoms with Gasteiger partial charge in [-0.15, -0.1) is 0 Å². The molecule has 116 valence electrons. The Morgan fingerprint density at radius 1 is 1.29 bits per heavy atom. The van der Waals surface area contributed by atoms with Crippen molar-refractivity contribution >= 4 is 0 Å². The number of benzene rings is 1. The summed E-state index contributed by atoms with van der Waals surface area (Å²) in [5.74, 6) is 1.60. The number of piperazine rings is 1. The van der Waals surface area contributed by atoms with Crippen LogP contribution in [0.1, 0.15) is 45.1 Å². The number of nitrogens with zero attached hydrogens (tertiary/aromatic N) is 1. The number of ether oxygens (including phenoxy) is 1. The lowest BCUT2D eigenvalue weighted by Gasteiger charge is -2.50. The minimum absolute atomic E-state index is 0.310. The summed E-state index contributed by atoms with van der Waals surface area (Å²) in [6, 6.07) is 9.11. The van der Waals surface area contributed by atoms with Crippen LogP contribution in [0.5, 0.6) is 5.75 Å². The van der Waals surface area contributed by atoms with Crippen LogP contribution in [0.2, 0.25) is 0 Å². The average molecular weight is 288 g/mol. The molecule has 2 atom stereocenters. The number of hydrogen-bond donors (Lipinski definition) is 1. The van der Waals surface area contributed by atoms with Crippen molar-refractivity contribution in [1.82, 2.24) is 10.2 Å². The maximum Gasteiger partial charge on any atom is 0.122 e. The molecular weight excluding hydrogens is 260 g/mol. The van der Waals surface area contributed by atoms with E-state index in [0.29, 0.717) is 17.5 Å². The average Bonchev–Trinajstić information content (AvgIpc) is 2.92. The van der Waals surface area contributed by atoms with E-state index in [1.165, 1.54) is 18.4 Å². The van der Waals surface area contributed by atoms with Gasteiger partial charge in [0.1, 0.15) is 5.75 Å². The van der Waals surface area contributed by atoms with Gasteiger partial charge in [0, 0.05) is 42.7 Å². The van der Waals surface area contributed by atoms with Gasteiger partial charge >= 0.3 is 0 Å². The van der Waals surface area contributed by atoms with Crippen LogP contribution in [0.25, 0.3) is 0 Å². The van der Waals surface area contributed by atoms with Crippen LogP contribution in [-0.2, 0) is 0 Å². The van der Waals surface area contributed by atoms with Crippen molar-refractivity contribution in [2.45, 2.75) is 51.1 Å². The van der Waals surface area contributed by atoms with Gasteiger partial charge in [-0.1, -0.05) is 32.0 Å². The van der Waals surface area contributed by atoms with Crippen LogP contribution in [-0.4, -0.2) is 42.7 Å². The van der Waals surface area contributed by atoms with Crippen molar-refractivity contribution in [2.24, 2.45) is 0 Å². The van der Waals surface area contributed by atoms with Crippen molar-refractivity contribution in [3.63, 3.8) is 0 Å². The van der Waals surface area contributed by atoms with E-state index in [9.17, 15) is 0 Å². The molecule has 0 radical (unpaired) electrons. The molecule has 0 saturated carbocycles. The van der Waals surface area contributed by atoms with E-state index in [2.05, 4.69) is 55.3 Å². The third-order valence-corrected chi connectivity index (χ3v) is 5.50. The Morgan fingerprint density at radius 3 is 2.81 bits per heavy atom. The van der Waals surface area contributed by atoms with Gasteiger partial charge in [-0.25, -0.2) is 0 Å². The molecule has 2 aliphatic heterocycles. The maximum atomic E-state index is 5.87. The lowest BCUT2D eigenvalue weighted by atomic mass is 9.86. The Labute approximate surface area is 128 Å². The molecule has 21 heavy (non-hydrogen) atoms. The molecule has 1 aromatic rings. The highest BCUT2D eigenvalue weighted by molar-refractivity contribution is 5.39. The fraction of sp³-hybridized carbons (Fsp3) is 0.667. The lowest BCUT2D eigenvalue weighted by Crippen LogP contribution is -2.64. The molecule has 0 aromatic heterocycles. The summed E-state index contributed by atoms with van der Waals surface area (Å²) in [7, 11) is 0. The van der Waals surface area contributed by atoms with Gasteiger partial charge in [-0.05, 0) is 25.8 Å². The summed E-state index contributed by atoms with van der Waals surface area (Å²) in [5, 5.41) is 3.68. The van der Waals surface area contributed by atoms with Gasteiger partial charge < -0.3 is 10.1 Å². The second kappa shape index (κ2) is 5.98. The highest BCUT2D eigenvalue weighted by atomic mass is 16.5. The largest absolute Gasteiger partial charge is 0.493 e. The zero-order chi connectivity index (χ0) is 14.9. The highest BCUT2D eigenvalue weighted by Crippen LogP contribution is 2.36. The van der Waals surface area contributed by atoms with Crippen LogP contribution < -0.4 is 10.1 Å². The molecule has 1 fully saturated rings. The van der Waals surface area contributed by atoms with Gasteiger partial charge in [0.25, 0.3) is 0 Å². The van der Waals surface area contributed by atoms with E-state index in [0.717, 1.165) is 32.0 Å². The third-order valence-electron chi connectivity index (χ3n) is 5.50. The molecule has 0 aliphatic carbocycles. The summed E-state index contributed by atoms with van der Waals surface area (Å²) in [5.41, 5.74) is 1.70. The van der Waals surface area contributed by atoms with E-state index in [1.807, 2.05) is 0 Å². The predicted molar refractivity (Wildman–Crippen MR) is 87.0 cm³/mol.